The van der Waals surface area contributed by atoms with Crippen LogP contribution in [-0.2, 0) is 15.3 Å². The number of hydrogen-bond acceptors (Lipinski definition) is 2. The average molecular weight is 255 g/mol. The normalized spacial score (nSPS) is 28.6. The fourth-order valence-electron chi connectivity index (χ4n) is 2.30. The minimum absolute atomic E-state index is 0.00321. The summed E-state index contributed by atoms with van der Waals surface area (Å²) < 4.78 is 11.9. The molecule has 2 unspecified atom stereocenters. The standard InChI is InChI=1S/C14H19ClO2/c1-4-14(16-9-12(8-15)17-14)13-7-10(2)5-6-11(13)3/h5-7,12H,4,8-9H2,1-3H3. The average Bonchev–Trinajstić information content (AvgIpc) is 2.77. The Morgan fingerprint density at radius 3 is 2.76 bits per heavy atom. The third-order valence-corrected chi connectivity index (χ3v) is 3.64. The van der Waals surface area contributed by atoms with Gasteiger partial charge in [-0.25, -0.2) is 0 Å². The van der Waals surface area contributed by atoms with E-state index in [1.54, 1.807) is 0 Å². The molecule has 2 rings (SSSR count). The van der Waals surface area contributed by atoms with Crippen LogP contribution in [0.3, 0.4) is 0 Å². The predicted octanol–water partition coefficient (Wildman–Crippen LogP) is 3.52. The van der Waals surface area contributed by atoms with Crippen molar-refractivity contribution in [2.45, 2.75) is 39.1 Å². The zero-order chi connectivity index (χ0) is 12.5. The van der Waals surface area contributed by atoms with E-state index in [0.717, 1.165) is 12.0 Å². The van der Waals surface area contributed by atoms with E-state index in [-0.39, 0.29) is 6.10 Å². The van der Waals surface area contributed by atoms with Gasteiger partial charge in [-0.1, -0.05) is 30.7 Å². The minimum atomic E-state index is -0.602. The number of halogens is 1. The van der Waals surface area contributed by atoms with Gasteiger partial charge in [-0.2, -0.15) is 0 Å². The maximum Gasteiger partial charge on any atom is 0.195 e. The van der Waals surface area contributed by atoms with Crippen molar-refractivity contribution in [2.75, 3.05) is 12.5 Å². The van der Waals surface area contributed by atoms with E-state index in [1.165, 1.54) is 11.1 Å². The van der Waals surface area contributed by atoms with Crippen LogP contribution in [-0.4, -0.2) is 18.6 Å². The van der Waals surface area contributed by atoms with E-state index in [4.69, 9.17) is 21.1 Å². The highest BCUT2D eigenvalue weighted by atomic mass is 35.5. The highest BCUT2D eigenvalue weighted by Crippen LogP contribution is 2.39. The highest BCUT2D eigenvalue weighted by molar-refractivity contribution is 6.18. The van der Waals surface area contributed by atoms with E-state index in [0.29, 0.717) is 12.5 Å². The molecule has 94 valence electrons. The molecule has 1 aliphatic heterocycles. The molecule has 0 spiro atoms. The van der Waals surface area contributed by atoms with Gasteiger partial charge in [0, 0.05) is 12.0 Å². The summed E-state index contributed by atoms with van der Waals surface area (Å²) in [6.07, 6.45) is 0.793. The Morgan fingerprint density at radius 1 is 1.41 bits per heavy atom. The molecule has 0 saturated carbocycles. The van der Waals surface area contributed by atoms with Gasteiger partial charge in [0.25, 0.3) is 0 Å². The second-order valence-electron chi connectivity index (χ2n) is 4.63. The summed E-state index contributed by atoms with van der Waals surface area (Å²) in [5, 5.41) is 0. The van der Waals surface area contributed by atoms with Crippen LogP contribution in [0.2, 0.25) is 0 Å². The van der Waals surface area contributed by atoms with Gasteiger partial charge in [-0.05, 0) is 19.4 Å². The summed E-state index contributed by atoms with van der Waals surface area (Å²) >= 11 is 5.85. The molecule has 1 aromatic rings. The van der Waals surface area contributed by atoms with Crippen LogP contribution in [0.4, 0.5) is 0 Å². The molecule has 1 fully saturated rings. The summed E-state index contributed by atoms with van der Waals surface area (Å²) in [6.45, 7) is 6.83. The second-order valence-corrected chi connectivity index (χ2v) is 4.94. The zero-order valence-electron chi connectivity index (χ0n) is 10.6. The molecule has 1 aliphatic rings. The van der Waals surface area contributed by atoms with E-state index < -0.39 is 5.79 Å². The van der Waals surface area contributed by atoms with Gasteiger partial charge >= 0.3 is 0 Å². The summed E-state index contributed by atoms with van der Waals surface area (Å²) in [6, 6.07) is 6.37. The molecule has 1 heterocycles. The third kappa shape index (κ3) is 2.35. The largest absolute Gasteiger partial charge is 0.343 e. The van der Waals surface area contributed by atoms with E-state index in [9.17, 15) is 0 Å². The fraction of sp³-hybridized carbons (Fsp3) is 0.571. The Morgan fingerprint density at radius 2 is 2.18 bits per heavy atom. The second kappa shape index (κ2) is 4.97. The van der Waals surface area contributed by atoms with Crippen LogP contribution < -0.4 is 0 Å². The molecule has 2 nitrogen and oxygen atoms in total. The maximum atomic E-state index is 6.02. The number of ether oxygens (including phenoxy) is 2. The van der Waals surface area contributed by atoms with Gasteiger partial charge in [-0.3, -0.25) is 0 Å². The first-order chi connectivity index (χ1) is 8.11. The number of alkyl halides is 1. The van der Waals surface area contributed by atoms with Gasteiger partial charge in [-0.15, -0.1) is 11.6 Å². The first-order valence-electron chi connectivity index (χ1n) is 6.07. The minimum Gasteiger partial charge on any atom is -0.343 e. The summed E-state index contributed by atoms with van der Waals surface area (Å²) in [5.74, 6) is -0.123. The van der Waals surface area contributed by atoms with Gasteiger partial charge in [0.15, 0.2) is 5.79 Å². The molecular weight excluding hydrogens is 236 g/mol. The van der Waals surface area contributed by atoms with Gasteiger partial charge < -0.3 is 9.47 Å². The van der Waals surface area contributed by atoms with E-state index in [2.05, 4.69) is 39.0 Å². The smallest absolute Gasteiger partial charge is 0.195 e. The lowest BCUT2D eigenvalue weighted by Crippen LogP contribution is -2.28. The fourth-order valence-corrected chi connectivity index (χ4v) is 2.46. The molecule has 0 aliphatic carbocycles. The lowest BCUT2D eigenvalue weighted by atomic mass is 9.96. The lowest BCUT2D eigenvalue weighted by Gasteiger charge is -2.29. The molecule has 0 aromatic heterocycles. The van der Waals surface area contributed by atoms with Crippen molar-refractivity contribution in [3.05, 3.63) is 34.9 Å². The molecular formula is C14H19ClO2. The Labute approximate surface area is 108 Å². The molecule has 2 atom stereocenters. The monoisotopic (exact) mass is 254 g/mol. The number of aryl methyl sites for hydroxylation is 2. The third-order valence-electron chi connectivity index (χ3n) is 3.30. The Kier molecular flexibility index (Phi) is 3.76. The summed E-state index contributed by atoms with van der Waals surface area (Å²) in [7, 11) is 0. The van der Waals surface area contributed by atoms with Crippen molar-refractivity contribution in [1.82, 2.24) is 0 Å². The van der Waals surface area contributed by atoms with Crippen LogP contribution in [0.25, 0.3) is 0 Å². The van der Waals surface area contributed by atoms with Crippen LogP contribution >= 0.6 is 11.6 Å². The first kappa shape index (κ1) is 12.9. The van der Waals surface area contributed by atoms with Crippen LogP contribution in [0.1, 0.15) is 30.0 Å². The SMILES string of the molecule is CCC1(c2cc(C)ccc2C)OCC(CCl)O1. The van der Waals surface area contributed by atoms with E-state index in [1.807, 2.05) is 0 Å². The van der Waals surface area contributed by atoms with Gasteiger partial charge in [0.1, 0.15) is 0 Å². The molecule has 1 aromatic carbocycles. The van der Waals surface area contributed by atoms with Crippen molar-refractivity contribution in [3.8, 4) is 0 Å². The summed E-state index contributed by atoms with van der Waals surface area (Å²) in [4.78, 5) is 0. The molecule has 1 saturated heterocycles. The first-order valence-corrected chi connectivity index (χ1v) is 6.60. The number of rotatable bonds is 3. The van der Waals surface area contributed by atoms with Gasteiger partial charge in [0.05, 0.1) is 18.6 Å². The quantitative estimate of drug-likeness (QED) is 0.769. The Bertz CT molecular complexity index is 405. The van der Waals surface area contributed by atoms with Crippen molar-refractivity contribution >= 4 is 11.6 Å². The Balaban J connectivity index is 2.38. The van der Waals surface area contributed by atoms with Crippen LogP contribution in [0.5, 0.6) is 0 Å². The molecule has 0 amide bonds. The maximum absolute atomic E-state index is 6.02. The lowest BCUT2D eigenvalue weighted by molar-refractivity contribution is -0.177. The predicted molar refractivity (Wildman–Crippen MR) is 69.4 cm³/mol. The Hall–Kier alpha value is -0.570. The summed E-state index contributed by atoms with van der Waals surface area (Å²) in [5.41, 5.74) is 3.56. The molecule has 3 heteroatoms. The van der Waals surface area contributed by atoms with Crippen molar-refractivity contribution < 1.29 is 9.47 Å². The molecule has 0 bridgehead atoms. The van der Waals surface area contributed by atoms with Crippen LogP contribution in [0, 0.1) is 13.8 Å². The van der Waals surface area contributed by atoms with E-state index >= 15 is 0 Å². The zero-order valence-corrected chi connectivity index (χ0v) is 11.4. The van der Waals surface area contributed by atoms with Crippen LogP contribution in [0.15, 0.2) is 18.2 Å². The topological polar surface area (TPSA) is 18.5 Å². The van der Waals surface area contributed by atoms with Crippen molar-refractivity contribution in [3.63, 3.8) is 0 Å². The van der Waals surface area contributed by atoms with Gasteiger partial charge in [0.2, 0.25) is 0 Å². The highest BCUT2D eigenvalue weighted by Gasteiger charge is 2.42. The number of hydrogen-bond donors (Lipinski definition) is 0. The molecule has 0 N–H and O–H groups in total. The molecule has 0 radical (unpaired) electrons. The number of benzene rings is 1. The molecule has 17 heavy (non-hydrogen) atoms. The van der Waals surface area contributed by atoms with Crippen molar-refractivity contribution in [1.29, 1.82) is 0 Å². The van der Waals surface area contributed by atoms with Crippen molar-refractivity contribution in [2.24, 2.45) is 0 Å².